The summed E-state index contributed by atoms with van der Waals surface area (Å²) in [5.41, 5.74) is 0. The standard InChI is InChI=1S/C56H89O9P/c1-3-5-7-9-11-13-15-17-19-21-23-25-26-27-29-31-33-35-37-39-41-43-45-47-49-62-52-55(53-64-66(60,61)63-51-54(58)50-57)65-56(59)48-46-44-42-40-38-36-34-32-30-28-24-22-20-18-16-14-12-10-8-6-4-2/h5-8,11-14,17-20,23-25,27-29,32-35,39,41,54-55,57-58H,3-4,9-10,15-16,21-22,26,30-31,36-38,40,42-53H2,1-2H3,(H,60,61)/b7-5-,8-6-,13-11-,14-12-,19-17-,20-18-,25-23-,28-24-,29-27-,34-32-,35-33-,41-39-. The van der Waals surface area contributed by atoms with Crippen LogP contribution in [0, 0.1) is 0 Å². The van der Waals surface area contributed by atoms with E-state index in [0.717, 1.165) is 128 Å². The Morgan fingerprint density at radius 2 is 0.818 bits per heavy atom. The molecule has 0 amide bonds. The molecular formula is C56H89O9P. The number of carbonyl (C=O) groups is 1. The number of hydrogen-bond donors (Lipinski definition) is 3. The largest absolute Gasteiger partial charge is 0.472 e. The zero-order chi connectivity index (χ0) is 48.1. The molecule has 0 radical (unpaired) electrons. The number of phosphoric acid groups is 1. The summed E-state index contributed by atoms with van der Waals surface area (Å²) in [5.74, 6) is -0.424. The van der Waals surface area contributed by atoms with Crippen molar-refractivity contribution in [1.29, 1.82) is 0 Å². The van der Waals surface area contributed by atoms with Crippen molar-refractivity contribution < 1.29 is 43.0 Å². The number of phosphoric ester groups is 1. The van der Waals surface area contributed by atoms with E-state index < -0.39 is 45.8 Å². The number of carbonyl (C=O) groups excluding carboxylic acids is 1. The highest BCUT2D eigenvalue weighted by Crippen LogP contribution is 2.43. The molecule has 3 unspecified atom stereocenters. The van der Waals surface area contributed by atoms with Crippen molar-refractivity contribution >= 4 is 13.8 Å². The van der Waals surface area contributed by atoms with Gasteiger partial charge < -0.3 is 24.6 Å². The predicted molar refractivity (Wildman–Crippen MR) is 278 cm³/mol. The molecule has 0 rings (SSSR count). The van der Waals surface area contributed by atoms with Crippen LogP contribution in [0.2, 0.25) is 0 Å². The molecule has 0 aromatic carbocycles. The van der Waals surface area contributed by atoms with Crippen molar-refractivity contribution in [3.63, 3.8) is 0 Å². The van der Waals surface area contributed by atoms with Gasteiger partial charge in [0.1, 0.15) is 12.2 Å². The quantitative estimate of drug-likeness (QED) is 0.0236. The van der Waals surface area contributed by atoms with E-state index in [-0.39, 0.29) is 13.0 Å². The molecule has 0 aliphatic carbocycles. The van der Waals surface area contributed by atoms with Crippen LogP contribution >= 0.6 is 7.82 Å². The van der Waals surface area contributed by atoms with Gasteiger partial charge >= 0.3 is 13.8 Å². The minimum absolute atomic E-state index is 0.000667. The zero-order valence-electron chi connectivity index (χ0n) is 40.8. The molecule has 0 aliphatic heterocycles. The second-order valence-corrected chi connectivity index (χ2v) is 17.2. The van der Waals surface area contributed by atoms with E-state index in [1.807, 2.05) is 0 Å². The van der Waals surface area contributed by atoms with Crippen molar-refractivity contribution in [3.8, 4) is 0 Å². The lowest BCUT2D eigenvalue weighted by Crippen LogP contribution is -2.29. The number of esters is 1. The van der Waals surface area contributed by atoms with Crippen LogP contribution in [-0.2, 0) is 27.9 Å². The molecule has 10 heteroatoms. The van der Waals surface area contributed by atoms with Crippen LogP contribution in [0.3, 0.4) is 0 Å². The molecule has 0 aromatic rings. The molecular weight excluding hydrogens is 848 g/mol. The van der Waals surface area contributed by atoms with Crippen molar-refractivity contribution in [2.24, 2.45) is 0 Å². The molecule has 0 spiro atoms. The highest BCUT2D eigenvalue weighted by atomic mass is 31.2. The first-order valence-electron chi connectivity index (χ1n) is 24.8. The first kappa shape index (κ1) is 62.3. The first-order chi connectivity index (χ1) is 32.3. The number of rotatable bonds is 45. The summed E-state index contributed by atoms with van der Waals surface area (Å²) in [6.07, 6.45) is 71.0. The molecule has 0 bridgehead atoms. The molecule has 0 fully saturated rings. The summed E-state index contributed by atoms with van der Waals surface area (Å²) in [6, 6.07) is 0. The monoisotopic (exact) mass is 937 g/mol. The lowest BCUT2D eigenvalue weighted by molar-refractivity contribution is -0.154. The van der Waals surface area contributed by atoms with Crippen molar-refractivity contribution in [2.75, 3.05) is 33.0 Å². The molecule has 0 aliphatic rings. The molecule has 0 heterocycles. The van der Waals surface area contributed by atoms with Crippen LogP contribution in [0.25, 0.3) is 0 Å². The van der Waals surface area contributed by atoms with Gasteiger partial charge in [-0.25, -0.2) is 4.57 Å². The van der Waals surface area contributed by atoms with Gasteiger partial charge in [-0.15, -0.1) is 0 Å². The van der Waals surface area contributed by atoms with E-state index in [4.69, 9.17) is 23.6 Å². The maximum absolute atomic E-state index is 12.7. The number of aliphatic hydroxyl groups excluding tert-OH is 2. The third-order valence-electron chi connectivity index (χ3n) is 9.52. The Morgan fingerprint density at radius 3 is 1.23 bits per heavy atom. The van der Waals surface area contributed by atoms with Gasteiger partial charge in [-0.2, -0.15) is 0 Å². The van der Waals surface area contributed by atoms with Crippen LogP contribution in [0.15, 0.2) is 146 Å². The van der Waals surface area contributed by atoms with Crippen LogP contribution < -0.4 is 0 Å². The smallest absolute Gasteiger partial charge is 0.457 e. The van der Waals surface area contributed by atoms with Crippen LogP contribution in [-0.4, -0.2) is 66.3 Å². The number of ether oxygens (including phenoxy) is 2. The fraction of sp³-hybridized carbons (Fsp3) is 0.554. The number of unbranched alkanes of at least 4 members (excludes halogenated alkanes) is 7. The van der Waals surface area contributed by atoms with Gasteiger partial charge in [0.05, 0.1) is 26.4 Å². The van der Waals surface area contributed by atoms with Gasteiger partial charge in [0.25, 0.3) is 0 Å². The summed E-state index contributed by atoms with van der Waals surface area (Å²) in [4.78, 5) is 22.7. The highest BCUT2D eigenvalue weighted by molar-refractivity contribution is 7.47. The van der Waals surface area contributed by atoms with E-state index >= 15 is 0 Å². The molecule has 372 valence electrons. The summed E-state index contributed by atoms with van der Waals surface area (Å²) < 4.78 is 33.4. The number of hydrogen-bond acceptors (Lipinski definition) is 8. The number of allylic oxidation sites excluding steroid dienone is 24. The van der Waals surface area contributed by atoms with E-state index in [0.29, 0.717) is 13.0 Å². The SMILES string of the molecule is CC/C=C\C/C=C\C/C=C\C/C=C\C/C=C\C/C=C\C/C=C\CCCCOCC(COP(=O)(O)OCC(O)CO)OC(=O)CCCCCCC/C=C\C/C=C\C/C=C\C/C=C\C/C=C\CC. The Hall–Kier alpha value is -3.66. The summed E-state index contributed by atoms with van der Waals surface area (Å²) in [6.45, 7) is 3.11. The average Bonchev–Trinajstić information content (AvgIpc) is 3.31. The van der Waals surface area contributed by atoms with Gasteiger partial charge in [0.15, 0.2) is 0 Å². The van der Waals surface area contributed by atoms with E-state index in [1.165, 1.54) is 0 Å². The van der Waals surface area contributed by atoms with Crippen molar-refractivity contribution in [3.05, 3.63) is 146 Å². The van der Waals surface area contributed by atoms with E-state index in [1.54, 1.807) is 0 Å². The minimum atomic E-state index is -4.56. The van der Waals surface area contributed by atoms with Crippen LogP contribution in [0.4, 0.5) is 0 Å². The summed E-state index contributed by atoms with van der Waals surface area (Å²) >= 11 is 0. The third-order valence-corrected chi connectivity index (χ3v) is 10.5. The predicted octanol–water partition coefficient (Wildman–Crippen LogP) is 14.7. The summed E-state index contributed by atoms with van der Waals surface area (Å²) in [5, 5.41) is 18.4. The highest BCUT2D eigenvalue weighted by Gasteiger charge is 2.26. The number of aliphatic hydroxyl groups is 2. The van der Waals surface area contributed by atoms with Gasteiger partial charge in [0.2, 0.25) is 0 Å². The van der Waals surface area contributed by atoms with Gasteiger partial charge in [-0.05, 0) is 116 Å². The molecule has 3 atom stereocenters. The van der Waals surface area contributed by atoms with Crippen molar-refractivity contribution in [1.82, 2.24) is 0 Å². The van der Waals surface area contributed by atoms with Gasteiger partial charge in [0, 0.05) is 13.0 Å². The maximum Gasteiger partial charge on any atom is 0.472 e. The van der Waals surface area contributed by atoms with E-state index in [2.05, 4.69) is 160 Å². The third kappa shape index (κ3) is 49.8. The Morgan fingerprint density at radius 1 is 0.470 bits per heavy atom. The topological polar surface area (TPSA) is 132 Å². The van der Waals surface area contributed by atoms with Crippen LogP contribution in [0.5, 0.6) is 0 Å². The lowest BCUT2D eigenvalue weighted by atomic mass is 10.1. The van der Waals surface area contributed by atoms with Crippen LogP contribution in [0.1, 0.15) is 155 Å². The fourth-order valence-electron chi connectivity index (χ4n) is 5.83. The average molecular weight is 937 g/mol. The molecule has 0 aromatic heterocycles. The summed E-state index contributed by atoms with van der Waals surface area (Å²) in [7, 11) is -4.56. The molecule has 0 saturated heterocycles. The second-order valence-electron chi connectivity index (χ2n) is 15.7. The maximum atomic E-state index is 12.7. The lowest BCUT2D eigenvalue weighted by Gasteiger charge is -2.20. The Labute approximate surface area is 401 Å². The van der Waals surface area contributed by atoms with Crippen molar-refractivity contribution in [2.45, 2.75) is 167 Å². The second kappa shape index (κ2) is 50.7. The first-order valence-corrected chi connectivity index (χ1v) is 26.3. The Balaban J connectivity index is 4.29. The van der Waals surface area contributed by atoms with Gasteiger partial charge in [-0.3, -0.25) is 13.8 Å². The molecule has 3 N–H and O–H groups in total. The molecule has 9 nitrogen and oxygen atoms in total. The Bertz CT molecular complexity index is 1530. The van der Waals surface area contributed by atoms with E-state index in [9.17, 15) is 19.4 Å². The Kier molecular flexibility index (Phi) is 47.9. The fourth-order valence-corrected chi connectivity index (χ4v) is 6.62. The minimum Gasteiger partial charge on any atom is -0.457 e. The zero-order valence-corrected chi connectivity index (χ0v) is 41.7. The molecule has 0 saturated carbocycles. The normalized spacial score (nSPS) is 15.0. The molecule has 66 heavy (non-hydrogen) atoms. The van der Waals surface area contributed by atoms with Gasteiger partial charge in [-0.1, -0.05) is 179 Å².